The summed E-state index contributed by atoms with van der Waals surface area (Å²) in [4.78, 5) is 30.8. The Balaban J connectivity index is 1.28. The lowest BCUT2D eigenvalue weighted by atomic mass is 9.96. The summed E-state index contributed by atoms with van der Waals surface area (Å²) < 4.78 is 5.39. The van der Waals surface area contributed by atoms with Crippen LogP contribution < -0.4 is 0 Å². The average Bonchev–Trinajstić information content (AvgIpc) is 3.51. The van der Waals surface area contributed by atoms with Gasteiger partial charge in [-0.25, -0.2) is 0 Å². The van der Waals surface area contributed by atoms with Crippen LogP contribution in [0, 0.1) is 6.92 Å². The number of likely N-dealkylation sites (tertiary alicyclic amines) is 1. The number of para-hydroxylation sites is 1. The van der Waals surface area contributed by atoms with Crippen LogP contribution in [0.3, 0.4) is 0 Å². The molecule has 0 aliphatic carbocycles. The molecule has 0 radical (unpaired) electrons. The van der Waals surface area contributed by atoms with Gasteiger partial charge in [0.25, 0.3) is 11.7 Å². The van der Waals surface area contributed by atoms with Crippen LogP contribution in [-0.4, -0.2) is 44.9 Å². The number of piperidine rings is 1. The van der Waals surface area contributed by atoms with Gasteiger partial charge in [0.1, 0.15) is 5.01 Å². The predicted molar refractivity (Wildman–Crippen MR) is 114 cm³/mol. The van der Waals surface area contributed by atoms with E-state index in [1.807, 2.05) is 43.3 Å². The number of Topliss-reactive ketones (excluding diaryl/α,β-unsaturated/α-hetero) is 1. The van der Waals surface area contributed by atoms with Crippen LogP contribution in [-0.2, 0) is 4.79 Å². The van der Waals surface area contributed by atoms with E-state index in [2.05, 4.69) is 15.2 Å². The normalized spacial score (nSPS) is 15.0. The van der Waals surface area contributed by atoms with Gasteiger partial charge in [-0.1, -0.05) is 29.5 Å². The highest BCUT2D eigenvalue weighted by molar-refractivity contribution is 7.14. The van der Waals surface area contributed by atoms with Gasteiger partial charge in [-0.05, 0) is 38.0 Å². The van der Waals surface area contributed by atoms with Gasteiger partial charge in [-0.2, -0.15) is 0 Å². The predicted octanol–water partition coefficient (Wildman–Crippen LogP) is 4.18. The smallest absolute Gasteiger partial charge is 0.295 e. The summed E-state index contributed by atoms with van der Waals surface area (Å²) in [6.45, 7) is 2.90. The van der Waals surface area contributed by atoms with Gasteiger partial charge in [0.15, 0.2) is 10.8 Å². The molecule has 0 saturated carbocycles. The molecule has 1 aliphatic heterocycles. The number of H-pyrrole nitrogens is 1. The zero-order valence-electron chi connectivity index (χ0n) is 16.4. The van der Waals surface area contributed by atoms with Gasteiger partial charge in [-0.15, -0.1) is 10.2 Å². The molecule has 1 aliphatic rings. The number of fused-ring (bicyclic) bond motifs is 1. The summed E-state index contributed by atoms with van der Waals surface area (Å²) >= 11 is 1.52. The third kappa shape index (κ3) is 3.23. The molecule has 4 heterocycles. The van der Waals surface area contributed by atoms with Gasteiger partial charge in [0, 0.05) is 35.6 Å². The van der Waals surface area contributed by atoms with Crippen LogP contribution in [0.25, 0.3) is 21.7 Å². The standard InChI is InChI=1S/C22H20N4O3S/c1-13-18(15-5-2-3-6-16(15)23-13)19(27)22(28)26-10-8-14(9-11-26)20-24-25-21(30-20)17-7-4-12-29-17/h2-7,12,14,23H,8-11H2,1H3. The fourth-order valence-electron chi connectivity index (χ4n) is 4.05. The van der Waals surface area contributed by atoms with E-state index in [1.165, 1.54) is 11.3 Å². The van der Waals surface area contributed by atoms with E-state index in [-0.39, 0.29) is 5.92 Å². The largest absolute Gasteiger partial charge is 0.462 e. The summed E-state index contributed by atoms with van der Waals surface area (Å²) in [7, 11) is 0. The number of aryl methyl sites for hydroxylation is 1. The van der Waals surface area contributed by atoms with E-state index in [0.717, 1.165) is 39.5 Å². The van der Waals surface area contributed by atoms with Crippen LogP contribution in [0.5, 0.6) is 0 Å². The lowest BCUT2D eigenvalue weighted by Crippen LogP contribution is -2.41. The number of nitrogens with zero attached hydrogens (tertiary/aromatic N) is 3. The van der Waals surface area contributed by atoms with Gasteiger partial charge in [0.05, 0.1) is 11.8 Å². The third-order valence-electron chi connectivity index (χ3n) is 5.62. The van der Waals surface area contributed by atoms with Gasteiger partial charge >= 0.3 is 0 Å². The van der Waals surface area contributed by atoms with Gasteiger partial charge in [0.2, 0.25) is 0 Å². The Hall–Kier alpha value is -3.26. The van der Waals surface area contributed by atoms with E-state index in [4.69, 9.17) is 4.42 Å². The van der Waals surface area contributed by atoms with E-state index in [9.17, 15) is 9.59 Å². The molecule has 0 spiro atoms. The molecule has 1 aromatic carbocycles. The maximum atomic E-state index is 13.0. The minimum Gasteiger partial charge on any atom is -0.462 e. The summed E-state index contributed by atoms with van der Waals surface area (Å²) in [5, 5.41) is 11.1. The number of carbonyl (C=O) groups is 2. The van der Waals surface area contributed by atoms with Crippen molar-refractivity contribution in [2.75, 3.05) is 13.1 Å². The molecule has 1 N–H and O–H groups in total. The Morgan fingerprint density at radius 1 is 1.13 bits per heavy atom. The van der Waals surface area contributed by atoms with E-state index in [0.29, 0.717) is 24.4 Å². The van der Waals surface area contributed by atoms with Crippen molar-refractivity contribution in [3.63, 3.8) is 0 Å². The molecule has 0 atom stereocenters. The van der Waals surface area contributed by atoms with Crippen molar-refractivity contribution in [2.24, 2.45) is 0 Å². The first-order valence-electron chi connectivity index (χ1n) is 9.90. The maximum absolute atomic E-state index is 13.0. The highest BCUT2D eigenvalue weighted by Gasteiger charge is 2.31. The minimum atomic E-state index is -0.445. The summed E-state index contributed by atoms with van der Waals surface area (Å²) in [5.41, 5.74) is 2.07. The number of benzene rings is 1. The molecule has 7 nitrogen and oxygen atoms in total. The Bertz CT molecular complexity index is 1220. The molecule has 4 aromatic rings. The monoisotopic (exact) mass is 420 g/mol. The number of hydrogen-bond acceptors (Lipinski definition) is 6. The van der Waals surface area contributed by atoms with Crippen LogP contribution in [0.15, 0.2) is 47.1 Å². The molecule has 1 amide bonds. The van der Waals surface area contributed by atoms with Crippen molar-refractivity contribution in [3.05, 3.63) is 58.9 Å². The maximum Gasteiger partial charge on any atom is 0.295 e. The Labute approximate surface area is 176 Å². The molecule has 3 aromatic heterocycles. The Kier molecular flexibility index (Phi) is 4.71. The second-order valence-corrected chi connectivity index (χ2v) is 8.50. The number of rotatable bonds is 4. The lowest BCUT2D eigenvalue weighted by Gasteiger charge is -2.30. The Morgan fingerprint density at radius 3 is 2.70 bits per heavy atom. The van der Waals surface area contributed by atoms with Crippen molar-refractivity contribution in [3.8, 4) is 10.8 Å². The molecular formula is C22H20N4O3S. The summed E-state index contributed by atoms with van der Waals surface area (Å²) in [6.07, 6.45) is 3.14. The molecular weight excluding hydrogens is 400 g/mol. The number of amides is 1. The topological polar surface area (TPSA) is 92.1 Å². The number of hydrogen-bond donors (Lipinski definition) is 1. The number of nitrogens with one attached hydrogen (secondary N) is 1. The number of aromatic amines is 1. The van der Waals surface area contributed by atoms with Crippen LogP contribution in [0.1, 0.15) is 39.8 Å². The Morgan fingerprint density at radius 2 is 1.93 bits per heavy atom. The second-order valence-electron chi connectivity index (χ2n) is 7.49. The zero-order chi connectivity index (χ0) is 20.7. The fourth-order valence-corrected chi connectivity index (χ4v) is 5.03. The van der Waals surface area contributed by atoms with Crippen molar-refractivity contribution >= 4 is 33.9 Å². The van der Waals surface area contributed by atoms with Crippen molar-refractivity contribution < 1.29 is 14.0 Å². The highest BCUT2D eigenvalue weighted by Crippen LogP contribution is 2.34. The van der Waals surface area contributed by atoms with Gasteiger partial charge in [-0.3, -0.25) is 9.59 Å². The van der Waals surface area contributed by atoms with E-state index in [1.54, 1.807) is 11.2 Å². The highest BCUT2D eigenvalue weighted by atomic mass is 32.1. The first-order chi connectivity index (χ1) is 14.6. The molecule has 0 bridgehead atoms. The molecule has 0 unspecified atom stereocenters. The molecule has 30 heavy (non-hydrogen) atoms. The van der Waals surface area contributed by atoms with Crippen molar-refractivity contribution in [1.82, 2.24) is 20.1 Å². The van der Waals surface area contributed by atoms with Crippen LogP contribution in [0.4, 0.5) is 0 Å². The van der Waals surface area contributed by atoms with Gasteiger partial charge < -0.3 is 14.3 Å². The molecule has 1 fully saturated rings. The fraction of sp³-hybridized carbons (Fsp3) is 0.273. The van der Waals surface area contributed by atoms with E-state index < -0.39 is 11.7 Å². The molecule has 152 valence electrons. The molecule has 8 heteroatoms. The van der Waals surface area contributed by atoms with E-state index >= 15 is 0 Å². The minimum absolute atomic E-state index is 0.236. The molecule has 1 saturated heterocycles. The second kappa shape index (κ2) is 7.53. The summed E-state index contributed by atoms with van der Waals surface area (Å²) in [6, 6.07) is 11.3. The SMILES string of the molecule is Cc1[nH]c2ccccc2c1C(=O)C(=O)N1CCC(c2nnc(-c3ccco3)s2)CC1. The number of ketones is 1. The van der Waals surface area contributed by atoms with Crippen molar-refractivity contribution in [1.29, 1.82) is 0 Å². The number of furan rings is 1. The number of carbonyl (C=O) groups excluding carboxylic acids is 2. The van der Waals surface area contributed by atoms with Crippen molar-refractivity contribution in [2.45, 2.75) is 25.7 Å². The summed E-state index contributed by atoms with van der Waals surface area (Å²) in [5.74, 6) is 0.0699. The van der Waals surface area contributed by atoms with Crippen LogP contribution >= 0.6 is 11.3 Å². The molecule has 5 rings (SSSR count). The first kappa shape index (κ1) is 18.7. The third-order valence-corrected chi connectivity index (χ3v) is 6.72. The quantitative estimate of drug-likeness (QED) is 0.395. The lowest BCUT2D eigenvalue weighted by molar-refractivity contribution is -0.127. The zero-order valence-corrected chi connectivity index (χ0v) is 17.2. The average molecular weight is 420 g/mol. The van der Waals surface area contributed by atoms with Crippen LogP contribution in [0.2, 0.25) is 0 Å². The number of aromatic nitrogens is 3. The first-order valence-corrected chi connectivity index (χ1v) is 10.7.